The second kappa shape index (κ2) is 4.41. The second-order valence-electron chi connectivity index (χ2n) is 5.00. The fourth-order valence-corrected chi connectivity index (χ4v) is 2.30. The Kier molecular flexibility index (Phi) is 3.07. The molecule has 1 aromatic rings. The lowest BCUT2D eigenvalue weighted by atomic mass is 9.96. The highest BCUT2D eigenvalue weighted by Gasteiger charge is 2.27. The number of hydrogen-bond acceptors (Lipinski definition) is 2. The average Bonchev–Trinajstić information content (AvgIpc) is 2.59. The van der Waals surface area contributed by atoms with Gasteiger partial charge in [0.1, 0.15) is 0 Å². The van der Waals surface area contributed by atoms with Gasteiger partial charge in [0.2, 0.25) is 0 Å². The lowest BCUT2D eigenvalue weighted by Gasteiger charge is -2.21. The number of benzene rings is 1. The van der Waals surface area contributed by atoms with Crippen molar-refractivity contribution in [1.29, 1.82) is 0 Å². The molecule has 1 aromatic carbocycles. The summed E-state index contributed by atoms with van der Waals surface area (Å²) in [6.07, 6.45) is 2.63. The summed E-state index contributed by atoms with van der Waals surface area (Å²) >= 11 is 0. The monoisotopic (exact) mass is 243 g/mol. The van der Waals surface area contributed by atoms with Gasteiger partial charge in [-0.05, 0) is 36.5 Å². The van der Waals surface area contributed by atoms with Crippen LogP contribution in [0.15, 0.2) is 24.3 Å². The van der Waals surface area contributed by atoms with Crippen LogP contribution in [0.5, 0.6) is 0 Å². The Morgan fingerprint density at radius 2 is 1.39 bits per heavy atom. The smallest absolute Gasteiger partial charge is 0.258 e. The van der Waals surface area contributed by atoms with Crippen LogP contribution < -0.4 is 4.90 Å². The second-order valence-corrected chi connectivity index (χ2v) is 5.00. The molecular weight excluding hydrogens is 226 g/mol. The molecule has 0 saturated carbocycles. The summed E-state index contributed by atoms with van der Waals surface area (Å²) in [5.74, 6) is -0.0912. The van der Waals surface area contributed by atoms with E-state index in [2.05, 4.69) is 13.8 Å². The van der Waals surface area contributed by atoms with Crippen LogP contribution in [0.3, 0.4) is 0 Å². The van der Waals surface area contributed by atoms with Crippen molar-refractivity contribution in [3.8, 4) is 0 Å². The Morgan fingerprint density at radius 1 is 0.944 bits per heavy atom. The molecule has 1 heterocycles. The van der Waals surface area contributed by atoms with Crippen molar-refractivity contribution < 1.29 is 9.59 Å². The fourth-order valence-electron chi connectivity index (χ4n) is 2.30. The van der Waals surface area contributed by atoms with Crippen molar-refractivity contribution >= 4 is 17.5 Å². The fraction of sp³-hybridized carbons (Fsp3) is 0.333. The van der Waals surface area contributed by atoms with Gasteiger partial charge >= 0.3 is 0 Å². The SMILES string of the molecule is Cc1cc(C(C)C)cc(C)c1N1C(=O)C=CC1=O. The summed E-state index contributed by atoms with van der Waals surface area (Å²) in [4.78, 5) is 24.7. The van der Waals surface area contributed by atoms with E-state index in [1.165, 1.54) is 22.6 Å². The summed E-state index contributed by atoms with van der Waals surface area (Å²) in [7, 11) is 0. The number of rotatable bonds is 2. The van der Waals surface area contributed by atoms with Crippen LogP contribution in [-0.2, 0) is 9.59 Å². The number of hydrogen-bond donors (Lipinski definition) is 0. The standard InChI is InChI=1S/C15H17NO2/c1-9(2)12-7-10(3)15(11(4)8-12)16-13(17)5-6-14(16)18/h5-9H,1-4H3. The molecule has 3 heteroatoms. The molecule has 3 nitrogen and oxygen atoms in total. The molecule has 1 aliphatic rings. The number of aryl methyl sites for hydroxylation is 2. The average molecular weight is 243 g/mol. The Balaban J connectivity index is 2.53. The Hall–Kier alpha value is -1.90. The van der Waals surface area contributed by atoms with Gasteiger partial charge in [0.25, 0.3) is 11.8 Å². The molecule has 0 aromatic heterocycles. The summed E-state index contributed by atoms with van der Waals surface area (Å²) < 4.78 is 0. The van der Waals surface area contributed by atoms with Gasteiger partial charge in [-0.1, -0.05) is 26.0 Å². The molecule has 0 N–H and O–H groups in total. The molecule has 0 saturated heterocycles. The van der Waals surface area contributed by atoms with Gasteiger partial charge in [-0.15, -0.1) is 0 Å². The van der Waals surface area contributed by atoms with E-state index in [0.29, 0.717) is 5.92 Å². The predicted molar refractivity (Wildman–Crippen MR) is 71.6 cm³/mol. The number of carbonyl (C=O) groups is 2. The van der Waals surface area contributed by atoms with Crippen molar-refractivity contribution in [3.05, 3.63) is 41.0 Å². The van der Waals surface area contributed by atoms with Crippen molar-refractivity contribution in [3.63, 3.8) is 0 Å². The van der Waals surface area contributed by atoms with Crippen LogP contribution in [0.4, 0.5) is 5.69 Å². The van der Waals surface area contributed by atoms with E-state index in [9.17, 15) is 9.59 Å². The normalized spacial score (nSPS) is 15.1. The number of anilines is 1. The number of carbonyl (C=O) groups excluding carboxylic acids is 2. The Morgan fingerprint density at radius 3 is 1.78 bits per heavy atom. The molecule has 0 bridgehead atoms. The highest BCUT2D eigenvalue weighted by atomic mass is 16.2. The number of nitrogens with zero attached hydrogens (tertiary/aromatic N) is 1. The molecule has 18 heavy (non-hydrogen) atoms. The molecule has 0 aliphatic carbocycles. The van der Waals surface area contributed by atoms with Crippen molar-refractivity contribution in [1.82, 2.24) is 0 Å². The van der Waals surface area contributed by atoms with Crippen LogP contribution in [0, 0.1) is 13.8 Å². The van der Waals surface area contributed by atoms with Crippen molar-refractivity contribution in [2.24, 2.45) is 0 Å². The largest absolute Gasteiger partial charge is 0.269 e. The molecule has 94 valence electrons. The molecule has 0 atom stereocenters. The van der Waals surface area contributed by atoms with Gasteiger partial charge in [-0.3, -0.25) is 9.59 Å². The first kappa shape index (κ1) is 12.6. The highest BCUT2D eigenvalue weighted by Crippen LogP contribution is 2.30. The third-order valence-corrected chi connectivity index (χ3v) is 3.21. The van der Waals surface area contributed by atoms with Gasteiger partial charge in [0, 0.05) is 12.2 Å². The van der Waals surface area contributed by atoms with E-state index < -0.39 is 0 Å². The van der Waals surface area contributed by atoms with Crippen LogP contribution in [0.1, 0.15) is 36.5 Å². The van der Waals surface area contributed by atoms with E-state index in [4.69, 9.17) is 0 Å². The summed E-state index contributed by atoms with van der Waals surface area (Å²) in [5, 5.41) is 0. The molecule has 2 amide bonds. The van der Waals surface area contributed by atoms with Crippen LogP contribution in [0.2, 0.25) is 0 Å². The molecule has 2 rings (SSSR count). The minimum Gasteiger partial charge on any atom is -0.269 e. The first-order valence-corrected chi connectivity index (χ1v) is 6.09. The van der Waals surface area contributed by atoms with E-state index in [1.807, 2.05) is 26.0 Å². The lowest BCUT2D eigenvalue weighted by molar-refractivity contribution is -0.120. The zero-order valence-corrected chi connectivity index (χ0v) is 11.2. The molecule has 0 fully saturated rings. The minimum atomic E-state index is -0.261. The Bertz CT molecular complexity index is 515. The van der Waals surface area contributed by atoms with E-state index >= 15 is 0 Å². The first-order valence-electron chi connectivity index (χ1n) is 6.09. The molecule has 0 radical (unpaired) electrons. The topological polar surface area (TPSA) is 37.4 Å². The van der Waals surface area contributed by atoms with E-state index in [0.717, 1.165) is 16.8 Å². The third-order valence-electron chi connectivity index (χ3n) is 3.21. The molecular formula is C15H17NO2. The minimum absolute atomic E-state index is 0.261. The van der Waals surface area contributed by atoms with Crippen LogP contribution in [-0.4, -0.2) is 11.8 Å². The van der Waals surface area contributed by atoms with Gasteiger partial charge in [-0.2, -0.15) is 0 Å². The van der Waals surface area contributed by atoms with E-state index in [-0.39, 0.29) is 11.8 Å². The zero-order valence-electron chi connectivity index (χ0n) is 11.2. The van der Waals surface area contributed by atoms with Crippen molar-refractivity contribution in [2.75, 3.05) is 4.90 Å². The maximum Gasteiger partial charge on any atom is 0.258 e. The predicted octanol–water partition coefficient (Wildman–Crippen LogP) is 2.86. The van der Waals surface area contributed by atoms with Crippen molar-refractivity contribution in [2.45, 2.75) is 33.6 Å². The molecule has 1 aliphatic heterocycles. The first-order chi connectivity index (χ1) is 8.41. The highest BCUT2D eigenvalue weighted by molar-refractivity contribution is 6.28. The third kappa shape index (κ3) is 1.96. The lowest BCUT2D eigenvalue weighted by Crippen LogP contribution is -2.31. The maximum atomic E-state index is 11.7. The van der Waals surface area contributed by atoms with Gasteiger partial charge in [0.15, 0.2) is 0 Å². The quantitative estimate of drug-likeness (QED) is 0.749. The zero-order chi connectivity index (χ0) is 13.4. The number of amides is 2. The molecule has 0 unspecified atom stereocenters. The summed E-state index contributed by atoms with van der Waals surface area (Å²) in [5.41, 5.74) is 3.87. The Labute approximate surface area is 107 Å². The van der Waals surface area contributed by atoms with Gasteiger partial charge in [0.05, 0.1) is 5.69 Å². The van der Waals surface area contributed by atoms with Crippen LogP contribution >= 0.6 is 0 Å². The van der Waals surface area contributed by atoms with Gasteiger partial charge in [-0.25, -0.2) is 4.90 Å². The maximum absolute atomic E-state index is 11.7. The molecule has 0 spiro atoms. The summed E-state index contributed by atoms with van der Waals surface area (Å²) in [6.45, 7) is 8.13. The van der Waals surface area contributed by atoms with Gasteiger partial charge < -0.3 is 0 Å². The summed E-state index contributed by atoms with van der Waals surface area (Å²) in [6, 6.07) is 4.10. The number of imide groups is 1. The van der Waals surface area contributed by atoms with Crippen LogP contribution in [0.25, 0.3) is 0 Å². The van der Waals surface area contributed by atoms with E-state index in [1.54, 1.807) is 0 Å².